The van der Waals surface area contributed by atoms with E-state index in [2.05, 4.69) is 4.90 Å². The molecule has 120 valence electrons. The fourth-order valence-corrected chi connectivity index (χ4v) is 3.37. The minimum Gasteiger partial charge on any atom is -0.383 e. The maximum absolute atomic E-state index is 12.4. The molecule has 1 atom stereocenters. The number of hydrogen-bond donors (Lipinski definition) is 1. The van der Waals surface area contributed by atoms with Crippen molar-refractivity contribution < 1.29 is 14.6 Å². The summed E-state index contributed by atoms with van der Waals surface area (Å²) in [6.07, 6.45) is 0.604. The van der Waals surface area contributed by atoms with Crippen molar-refractivity contribution in [2.24, 2.45) is 0 Å². The molecular formula is C17H24N2O3. The SMILES string of the molecule is Cc1ccccc1C1(O)CCN(C(=O)CN2CCOCC2)C1. The number of rotatable bonds is 3. The third kappa shape index (κ3) is 3.16. The van der Waals surface area contributed by atoms with Crippen LogP contribution in [0.2, 0.25) is 0 Å². The van der Waals surface area contributed by atoms with Crippen LogP contribution in [0.25, 0.3) is 0 Å². The second-order valence-electron chi connectivity index (χ2n) is 6.30. The second-order valence-corrected chi connectivity index (χ2v) is 6.30. The highest BCUT2D eigenvalue weighted by atomic mass is 16.5. The van der Waals surface area contributed by atoms with Crippen LogP contribution in [0.1, 0.15) is 17.5 Å². The molecule has 2 aliphatic rings. The summed E-state index contributed by atoms with van der Waals surface area (Å²) in [7, 11) is 0. The van der Waals surface area contributed by atoms with Crippen molar-refractivity contribution in [2.45, 2.75) is 18.9 Å². The van der Waals surface area contributed by atoms with Crippen molar-refractivity contribution in [1.29, 1.82) is 0 Å². The molecule has 0 aliphatic carbocycles. The predicted octanol–water partition coefficient (Wildman–Crippen LogP) is 0.747. The molecule has 0 spiro atoms. The van der Waals surface area contributed by atoms with Gasteiger partial charge in [0, 0.05) is 19.6 Å². The van der Waals surface area contributed by atoms with Gasteiger partial charge in [-0.2, -0.15) is 0 Å². The zero-order valence-electron chi connectivity index (χ0n) is 13.1. The van der Waals surface area contributed by atoms with Gasteiger partial charge in [-0.05, 0) is 24.5 Å². The number of amides is 1. The lowest BCUT2D eigenvalue weighted by Crippen LogP contribution is -2.45. The number of β-amino-alcohol motifs (C(OH)–C–C–N with tert-alkyl or cyclic N) is 1. The first-order valence-corrected chi connectivity index (χ1v) is 7.95. The maximum atomic E-state index is 12.4. The summed E-state index contributed by atoms with van der Waals surface area (Å²) in [6.45, 7) is 6.44. The quantitative estimate of drug-likeness (QED) is 0.895. The van der Waals surface area contributed by atoms with E-state index < -0.39 is 5.60 Å². The fourth-order valence-electron chi connectivity index (χ4n) is 3.37. The van der Waals surface area contributed by atoms with E-state index in [0.717, 1.165) is 24.2 Å². The number of carbonyl (C=O) groups is 1. The molecule has 2 saturated heterocycles. The number of ether oxygens (including phenoxy) is 1. The molecule has 1 aromatic rings. The van der Waals surface area contributed by atoms with Crippen LogP contribution in [0.3, 0.4) is 0 Å². The topological polar surface area (TPSA) is 53.0 Å². The summed E-state index contributed by atoms with van der Waals surface area (Å²) in [5.74, 6) is 0.103. The van der Waals surface area contributed by atoms with Crippen LogP contribution < -0.4 is 0 Å². The van der Waals surface area contributed by atoms with E-state index in [4.69, 9.17) is 4.74 Å². The summed E-state index contributed by atoms with van der Waals surface area (Å²) in [6, 6.07) is 7.88. The van der Waals surface area contributed by atoms with E-state index in [-0.39, 0.29) is 5.91 Å². The number of benzene rings is 1. The number of carbonyl (C=O) groups excluding carboxylic acids is 1. The van der Waals surface area contributed by atoms with Gasteiger partial charge >= 0.3 is 0 Å². The Kier molecular flexibility index (Phi) is 4.47. The Labute approximate surface area is 131 Å². The summed E-state index contributed by atoms with van der Waals surface area (Å²) in [5, 5.41) is 10.9. The monoisotopic (exact) mass is 304 g/mol. The van der Waals surface area contributed by atoms with Gasteiger partial charge in [0.1, 0.15) is 5.60 Å². The molecule has 0 bridgehead atoms. The summed E-state index contributed by atoms with van der Waals surface area (Å²) < 4.78 is 5.30. The summed E-state index contributed by atoms with van der Waals surface area (Å²) in [4.78, 5) is 16.4. The van der Waals surface area contributed by atoms with Gasteiger partial charge in [-0.1, -0.05) is 24.3 Å². The van der Waals surface area contributed by atoms with Crippen LogP contribution in [0.15, 0.2) is 24.3 Å². The highest BCUT2D eigenvalue weighted by molar-refractivity contribution is 5.78. The first-order chi connectivity index (χ1) is 10.6. The predicted molar refractivity (Wildman–Crippen MR) is 83.5 cm³/mol. The Morgan fingerprint density at radius 2 is 2.00 bits per heavy atom. The number of aliphatic hydroxyl groups is 1. The summed E-state index contributed by atoms with van der Waals surface area (Å²) in [5.41, 5.74) is 1.11. The van der Waals surface area contributed by atoms with Crippen LogP contribution in [-0.4, -0.2) is 66.8 Å². The Morgan fingerprint density at radius 1 is 1.27 bits per heavy atom. The molecule has 1 amide bonds. The zero-order valence-corrected chi connectivity index (χ0v) is 13.1. The van der Waals surface area contributed by atoms with Crippen molar-refractivity contribution in [3.8, 4) is 0 Å². The third-order valence-corrected chi connectivity index (χ3v) is 4.71. The van der Waals surface area contributed by atoms with E-state index in [0.29, 0.717) is 39.3 Å². The largest absolute Gasteiger partial charge is 0.383 e. The smallest absolute Gasteiger partial charge is 0.236 e. The lowest BCUT2D eigenvalue weighted by molar-refractivity contribution is -0.133. The van der Waals surface area contributed by atoms with Gasteiger partial charge < -0.3 is 14.7 Å². The molecule has 0 saturated carbocycles. The van der Waals surface area contributed by atoms with Crippen LogP contribution >= 0.6 is 0 Å². The van der Waals surface area contributed by atoms with E-state index in [1.807, 2.05) is 31.2 Å². The Hall–Kier alpha value is -1.43. The maximum Gasteiger partial charge on any atom is 0.236 e. The molecule has 5 nitrogen and oxygen atoms in total. The average molecular weight is 304 g/mol. The Balaban J connectivity index is 1.64. The Bertz CT molecular complexity index is 542. The molecule has 1 unspecified atom stereocenters. The Morgan fingerprint density at radius 3 is 2.73 bits per heavy atom. The molecule has 2 aliphatic heterocycles. The minimum absolute atomic E-state index is 0.103. The number of nitrogens with zero attached hydrogens (tertiary/aromatic N) is 2. The van der Waals surface area contributed by atoms with E-state index >= 15 is 0 Å². The normalized spacial score (nSPS) is 26.4. The van der Waals surface area contributed by atoms with Gasteiger partial charge in [0.2, 0.25) is 5.91 Å². The lowest BCUT2D eigenvalue weighted by atomic mass is 9.89. The molecule has 3 rings (SSSR count). The molecule has 0 radical (unpaired) electrons. The fraction of sp³-hybridized carbons (Fsp3) is 0.588. The van der Waals surface area contributed by atoms with Gasteiger partial charge in [0.05, 0.1) is 26.3 Å². The number of hydrogen-bond acceptors (Lipinski definition) is 4. The molecule has 22 heavy (non-hydrogen) atoms. The van der Waals surface area contributed by atoms with Gasteiger partial charge in [0.15, 0.2) is 0 Å². The van der Waals surface area contributed by atoms with Crippen molar-refractivity contribution >= 4 is 5.91 Å². The standard InChI is InChI=1S/C17H24N2O3/c1-14-4-2-3-5-15(14)17(21)6-7-19(13-17)16(20)12-18-8-10-22-11-9-18/h2-5,21H,6-13H2,1H3. The van der Waals surface area contributed by atoms with E-state index in [9.17, 15) is 9.90 Å². The van der Waals surface area contributed by atoms with Gasteiger partial charge in [-0.25, -0.2) is 0 Å². The highest BCUT2D eigenvalue weighted by Gasteiger charge is 2.40. The van der Waals surface area contributed by atoms with Crippen molar-refractivity contribution in [1.82, 2.24) is 9.80 Å². The molecule has 2 fully saturated rings. The van der Waals surface area contributed by atoms with E-state index in [1.54, 1.807) is 4.90 Å². The second kappa shape index (κ2) is 6.36. The first-order valence-electron chi connectivity index (χ1n) is 7.95. The van der Waals surface area contributed by atoms with Crippen LogP contribution in [0.5, 0.6) is 0 Å². The summed E-state index contributed by atoms with van der Waals surface area (Å²) >= 11 is 0. The molecule has 5 heteroatoms. The van der Waals surface area contributed by atoms with Crippen LogP contribution in [-0.2, 0) is 15.1 Å². The molecular weight excluding hydrogens is 280 g/mol. The molecule has 1 aromatic carbocycles. The van der Waals surface area contributed by atoms with Gasteiger partial charge in [0.25, 0.3) is 0 Å². The third-order valence-electron chi connectivity index (χ3n) is 4.71. The molecule has 0 aromatic heterocycles. The molecule has 2 heterocycles. The first kappa shape index (κ1) is 15.5. The van der Waals surface area contributed by atoms with Crippen molar-refractivity contribution in [3.63, 3.8) is 0 Å². The van der Waals surface area contributed by atoms with Crippen LogP contribution in [0, 0.1) is 6.92 Å². The van der Waals surface area contributed by atoms with Gasteiger partial charge in [-0.3, -0.25) is 9.69 Å². The number of aryl methyl sites for hydroxylation is 1. The number of morpholine rings is 1. The number of likely N-dealkylation sites (tertiary alicyclic amines) is 1. The van der Waals surface area contributed by atoms with Crippen molar-refractivity contribution in [2.75, 3.05) is 45.9 Å². The molecule has 1 N–H and O–H groups in total. The lowest BCUT2D eigenvalue weighted by Gasteiger charge is -2.29. The van der Waals surface area contributed by atoms with Crippen molar-refractivity contribution in [3.05, 3.63) is 35.4 Å². The minimum atomic E-state index is -0.911. The zero-order chi connectivity index (χ0) is 15.6. The van der Waals surface area contributed by atoms with Gasteiger partial charge in [-0.15, -0.1) is 0 Å². The highest BCUT2D eigenvalue weighted by Crippen LogP contribution is 2.33. The van der Waals surface area contributed by atoms with Crippen LogP contribution in [0.4, 0.5) is 0 Å². The van der Waals surface area contributed by atoms with E-state index in [1.165, 1.54) is 0 Å². The average Bonchev–Trinajstić information content (AvgIpc) is 2.92.